The summed E-state index contributed by atoms with van der Waals surface area (Å²) < 4.78 is 15.3. The number of nitrogens with zero attached hydrogens (tertiary/aromatic N) is 1. The van der Waals surface area contributed by atoms with Gasteiger partial charge >= 0.3 is 13.6 Å². The van der Waals surface area contributed by atoms with Crippen LogP contribution >= 0.6 is 18.9 Å². The van der Waals surface area contributed by atoms with Crippen LogP contribution in [0.1, 0.15) is 53.9 Å². The van der Waals surface area contributed by atoms with Gasteiger partial charge < -0.3 is 20.3 Å². The first kappa shape index (κ1) is 18.0. The van der Waals surface area contributed by atoms with Crippen LogP contribution in [0.2, 0.25) is 0 Å². The molecule has 0 unspecified atom stereocenters. The van der Waals surface area contributed by atoms with Crippen LogP contribution in [-0.4, -0.2) is 27.1 Å². The second-order valence-corrected chi connectivity index (χ2v) is 8.08. The predicted octanol–water partition coefficient (Wildman–Crippen LogP) is 2.34. The molecular weight excluding hydrogens is 339 g/mol. The van der Waals surface area contributed by atoms with Gasteiger partial charge in [-0.3, -0.25) is 4.57 Å². The molecule has 1 aliphatic rings. The zero-order valence-corrected chi connectivity index (χ0v) is 14.2. The van der Waals surface area contributed by atoms with E-state index in [0.717, 1.165) is 17.8 Å². The van der Waals surface area contributed by atoms with Crippen molar-refractivity contribution >= 4 is 30.0 Å². The minimum atomic E-state index is -4.42. The maximum atomic E-state index is 11.8. The molecule has 1 saturated carbocycles. The van der Waals surface area contributed by atoms with Crippen molar-refractivity contribution in [2.75, 3.05) is 12.1 Å². The molecule has 1 heterocycles. The number of carbonyl (C=O) groups excluding carboxylic acids is 1. The van der Waals surface area contributed by atoms with Crippen molar-refractivity contribution in [2.45, 2.75) is 38.5 Å². The lowest BCUT2D eigenvalue weighted by Gasteiger charge is -2.18. The van der Waals surface area contributed by atoms with E-state index >= 15 is 0 Å². The first-order valence-electron chi connectivity index (χ1n) is 7.32. The molecule has 126 valence electrons. The van der Waals surface area contributed by atoms with Crippen molar-refractivity contribution in [2.24, 2.45) is 5.92 Å². The minimum absolute atomic E-state index is 0.0860. The molecule has 1 fully saturated rings. The van der Waals surface area contributed by atoms with Gasteiger partial charge in [0.2, 0.25) is 0 Å². The van der Waals surface area contributed by atoms with Crippen LogP contribution in [-0.2, 0) is 9.30 Å². The number of aromatic nitrogens is 1. The number of esters is 1. The van der Waals surface area contributed by atoms with Gasteiger partial charge in [0, 0.05) is 6.42 Å². The fraction of sp³-hybridized carbons (Fsp3) is 0.571. The van der Waals surface area contributed by atoms with Gasteiger partial charge in [0.25, 0.3) is 0 Å². The number of ether oxygens (including phenoxy) is 1. The molecule has 0 saturated heterocycles. The molecule has 0 atom stereocenters. The van der Waals surface area contributed by atoms with Crippen LogP contribution in [0.5, 0.6) is 0 Å². The van der Waals surface area contributed by atoms with E-state index in [-0.39, 0.29) is 10.8 Å². The van der Waals surface area contributed by atoms with Crippen molar-refractivity contribution in [3.63, 3.8) is 0 Å². The molecule has 4 N–H and O–H groups in total. The Kier molecular flexibility index (Phi) is 6.19. The highest BCUT2D eigenvalue weighted by molar-refractivity contribution is 7.51. The van der Waals surface area contributed by atoms with Gasteiger partial charge in [0.15, 0.2) is 17.2 Å². The van der Waals surface area contributed by atoms with Gasteiger partial charge in [-0.1, -0.05) is 42.4 Å². The third-order valence-electron chi connectivity index (χ3n) is 3.52. The molecule has 23 heavy (non-hydrogen) atoms. The lowest BCUT2D eigenvalue weighted by Crippen LogP contribution is -2.09. The van der Waals surface area contributed by atoms with Gasteiger partial charge in [-0.2, -0.15) is 0 Å². The first-order valence-corrected chi connectivity index (χ1v) is 9.93. The van der Waals surface area contributed by atoms with Crippen LogP contribution in [0.25, 0.3) is 0 Å². The topological polar surface area (TPSA) is 123 Å². The molecule has 9 heteroatoms. The van der Waals surface area contributed by atoms with Crippen LogP contribution in [0.3, 0.4) is 0 Å². The van der Waals surface area contributed by atoms with Crippen molar-refractivity contribution in [3.05, 3.63) is 10.6 Å². The number of rotatable bonds is 4. The molecule has 0 aliphatic heterocycles. The van der Waals surface area contributed by atoms with Gasteiger partial charge in [-0.05, 0) is 18.8 Å². The van der Waals surface area contributed by atoms with Crippen LogP contribution < -0.4 is 5.73 Å². The molecule has 0 amide bonds. The van der Waals surface area contributed by atoms with E-state index < -0.39 is 19.9 Å². The standard InChI is InChI=1S/C14H19N2O5PS/c15-14-16-12(13(17)21-9-22(18,19)20)11(23-14)8-4-7-10-5-2-1-3-6-10/h10H,1-3,5-7,9H2,(H2,15,16)(H2,18,19,20). The van der Waals surface area contributed by atoms with E-state index in [4.69, 9.17) is 15.5 Å². The fourth-order valence-corrected chi connectivity index (χ4v) is 3.42. The Morgan fingerprint density at radius 2 is 2.09 bits per heavy atom. The molecule has 1 aliphatic carbocycles. The molecule has 1 aromatic rings. The van der Waals surface area contributed by atoms with E-state index in [1.165, 1.54) is 32.1 Å². The number of nitrogens with two attached hydrogens (primary N) is 1. The van der Waals surface area contributed by atoms with Crippen LogP contribution in [0, 0.1) is 17.8 Å². The SMILES string of the molecule is Nc1nc(C(=O)OCP(=O)(O)O)c(C#CCC2CCCCC2)s1. The molecule has 0 spiro atoms. The van der Waals surface area contributed by atoms with E-state index in [0.29, 0.717) is 10.8 Å². The maximum absolute atomic E-state index is 11.8. The number of anilines is 1. The van der Waals surface area contributed by atoms with E-state index in [9.17, 15) is 9.36 Å². The summed E-state index contributed by atoms with van der Waals surface area (Å²) in [5.41, 5.74) is 5.51. The smallest absolute Gasteiger partial charge is 0.362 e. The fourth-order valence-electron chi connectivity index (χ4n) is 2.44. The zero-order chi connectivity index (χ0) is 16.9. The van der Waals surface area contributed by atoms with Gasteiger partial charge in [0.1, 0.15) is 4.88 Å². The molecule has 1 aromatic heterocycles. The summed E-state index contributed by atoms with van der Waals surface area (Å²) in [5, 5.41) is 0.162. The highest BCUT2D eigenvalue weighted by atomic mass is 32.1. The number of thiazole rings is 1. The molecular formula is C14H19N2O5PS. The Bertz CT molecular complexity index is 666. The first-order chi connectivity index (χ1) is 10.8. The molecule has 0 radical (unpaired) electrons. The summed E-state index contributed by atoms with van der Waals surface area (Å²) in [5.74, 6) is 5.61. The Hall–Kier alpha value is -1.39. The summed E-state index contributed by atoms with van der Waals surface area (Å²) in [6, 6.07) is 0. The number of hydrogen-bond donors (Lipinski definition) is 3. The minimum Gasteiger partial charge on any atom is -0.448 e. The second kappa shape index (κ2) is 7.93. The summed E-state index contributed by atoms with van der Waals surface area (Å²) in [4.78, 5) is 33.5. The number of hydrogen-bond acceptors (Lipinski definition) is 6. The van der Waals surface area contributed by atoms with E-state index in [2.05, 4.69) is 21.6 Å². The summed E-state index contributed by atoms with van der Waals surface area (Å²) in [6.45, 7) is 0. The van der Waals surface area contributed by atoms with Crippen molar-refractivity contribution in [3.8, 4) is 11.8 Å². The summed E-state index contributed by atoms with van der Waals surface area (Å²) in [7, 11) is -4.42. The average molecular weight is 358 g/mol. The average Bonchev–Trinajstić information content (AvgIpc) is 2.86. The number of nitrogen functional groups attached to an aromatic ring is 1. The summed E-state index contributed by atoms with van der Waals surface area (Å²) >= 11 is 1.06. The third-order valence-corrected chi connectivity index (χ3v) is 4.78. The Labute approximate surface area is 138 Å². The van der Waals surface area contributed by atoms with Crippen LogP contribution in [0.15, 0.2) is 0 Å². The Morgan fingerprint density at radius 3 is 2.74 bits per heavy atom. The number of carbonyl (C=O) groups is 1. The van der Waals surface area contributed by atoms with E-state index in [1.807, 2.05) is 0 Å². The second-order valence-electron chi connectivity index (χ2n) is 5.47. The van der Waals surface area contributed by atoms with Crippen LogP contribution in [0.4, 0.5) is 5.13 Å². The highest BCUT2D eigenvalue weighted by Crippen LogP contribution is 2.34. The molecule has 0 aromatic carbocycles. The molecule has 7 nitrogen and oxygen atoms in total. The Morgan fingerprint density at radius 1 is 1.39 bits per heavy atom. The van der Waals surface area contributed by atoms with Crippen molar-refractivity contribution < 1.29 is 23.9 Å². The van der Waals surface area contributed by atoms with E-state index in [1.54, 1.807) is 0 Å². The largest absolute Gasteiger partial charge is 0.448 e. The molecule has 0 bridgehead atoms. The third kappa shape index (κ3) is 5.96. The monoisotopic (exact) mass is 358 g/mol. The predicted molar refractivity (Wildman–Crippen MR) is 86.9 cm³/mol. The van der Waals surface area contributed by atoms with Gasteiger partial charge in [-0.25, -0.2) is 9.78 Å². The lowest BCUT2D eigenvalue weighted by atomic mass is 9.87. The van der Waals surface area contributed by atoms with Crippen molar-refractivity contribution in [1.29, 1.82) is 0 Å². The zero-order valence-electron chi connectivity index (χ0n) is 12.5. The lowest BCUT2D eigenvalue weighted by molar-refractivity contribution is 0.0544. The van der Waals surface area contributed by atoms with Crippen molar-refractivity contribution in [1.82, 2.24) is 4.98 Å². The quantitative estimate of drug-likeness (QED) is 0.429. The van der Waals surface area contributed by atoms with Gasteiger partial charge in [0.05, 0.1) is 0 Å². The molecule has 2 rings (SSSR count). The van der Waals surface area contributed by atoms with Gasteiger partial charge in [-0.15, -0.1) is 0 Å². The normalized spacial score (nSPS) is 15.7. The maximum Gasteiger partial charge on any atom is 0.362 e. The Balaban J connectivity index is 2.02. The highest BCUT2D eigenvalue weighted by Gasteiger charge is 2.22. The summed E-state index contributed by atoms with van der Waals surface area (Å²) in [6.07, 6.45) is 5.88.